The molecule has 1 aromatic rings. The minimum atomic E-state index is 0.325. The van der Waals surface area contributed by atoms with Gasteiger partial charge in [0.25, 0.3) is 0 Å². The Morgan fingerprint density at radius 1 is 1.05 bits per heavy atom. The molecule has 3 atom stereocenters. The van der Waals surface area contributed by atoms with E-state index in [0.717, 1.165) is 24.2 Å². The molecular formula is C18H20O2. The van der Waals surface area contributed by atoms with E-state index >= 15 is 0 Å². The van der Waals surface area contributed by atoms with E-state index < -0.39 is 0 Å². The van der Waals surface area contributed by atoms with E-state index in [2.05, 4.69) is 12.1 Å². The van der Waals surface area contributed by atoms with Crippen molar-refractivity contribution in [3.8, 4) is 0 Å². The molecule has 1 saturated heterocycles. The van der Waals surface area contributed by atoms with Gasteiger partial charge in [0.1, 0.15) is 0 Å². The Morgan fingerprint density at radius 3 is 2.70 bits per heavy atom. The zero-order chi connectivity index (χ0) is 13.5. The van der Waals surface area contributed by atoms with E-state index in [0.29, 0.717) is 30.1 Å². The molecule has 0 aromatic heterocycles. The molecule has 104 valence electrons. The van der Waals surface area contributed by atoms with Crippen LogP contribution in [0.2, 0.25) is 0 Å². The molecular weight excluding hydrogens is 248 g/mol. The predicted octanol–water partition coefficient (Wildman–Crippen LogP) is 3.62. The fraction of sp³-hybridized carbons (Fsp3) is 0.500. The highest BCUT2D eigenvalue weighted by molar-refractivity contribution is 6.24. The van der Waals surface area contributed by atoms with Gasteiger partial charge in [-0.05, 0) is 24.0 Å². The first kappa shape index (κ1) is 12.3. The average Bonchev–Trinajstić information content (AvgIpc) is 2.84. The topological polar surface area (TPSA) is 26.3 Å². The molecule has 0 radical (unpaired) electrons. The van der Waals surface area contributed by atoms with Crippen molar-refractivity contribution >= 4 is 11.4 Å². The Morgan fingerprint density at radius 2 is 1.85 bits per heavy atom. The van der Waals surface area contributed by atoms with Crippen LogP contribution in [-0.4, -0.2) is 18.5 Å². The van der Waals surface area contributed by atoms with Crippen molar-refractivity contribution in [3.63, 3.8) is 0 Å². The molecule has 1 saturated carbocycles. The molecule has 1 heterocycles. The van der Waals surface area contributed by atoms with Crippen molar-refractivity contribution in [3.05, 3.63) is 41.5 Å². The van der Waals surface area contributed by atoms with Gasteiger partial charge in [-0.3, -0.25) is 4.79 Å². The van der Waals surface area contributed by atoms with Gasteiger partial charge in [-0.25, -0.2) is 0 Å². The maximum Gasteiger partial charge on any atom is 0.164 e. The van der Waals surface area contributed by atoms with Crippen molar-refractivity contribution in [2.45, 2.75) is 38.2 Å². The van der Waals surface area contributed by atoms with Gasteiger partial charge in [0.15, 0.2) is 5.78 Å². The van der Waals surface area contributed by atoms with E-state index in [4.69, 9.17) is 4.74 Å². The zero-order valence-corrected chi connectivity index (χ0v) is 11.7. The van der Waals surface area contributed by atoms with Crippen LogP contribution in [0.4, 0.5) is 0 Å². The van der Waals surface area contributed by atoms with Gasteiger partial charge in [-0.15, -0.1) is 0 Å². The maximum atomic E-state index is 12.5. The highest BCUT2D eigenvalue weighted by atomic mass is 16.5. The van der Waals surface area contributed by atoms with Crippen LogP contribution in [-0.2, 0) is 9.53 Å². The van der Waals surface area contributed by atoms with E-state index in [1.807, 2.05) is 18.2 Å². The van der Waals surface area contributed by atoms with Crippen LogP contribution in [0.25, 0.3) is 5.57 Å². The fourth-order valence-corrected chi connectivity index (χ4v) is 4.26. The second-order valence-electron chi connectivity index (χ2n) is 6.28. The molecule has 1 aromatic carbocycles. The van der Waals surface area contributed by atoms with Gasteiger partial charge in [-0.1, -0.05) is 43.2 Å². The number of hydrogen-bond donors (Lipinski definition) is 0. The predicted molar refractivity (Wildman–Crippen MR) is 78.2 cm³/mol. The minimum absolute atomic E-state index is 0.325. The van der Waals surface area contributed by atoms with Gasteiger partial charge in [0.05, 0.1) is 12.7 Å². The fourth-order valence-electron chi connectivity index (χ4n) is 4.26. The Kier molecular flexibility index (Phi) is 2.99. The van der Waals surface area contributed by atoms with Crippen molar-refractivity contribution in [1.82, 2.24) is 0 Å². The Labute approximate surface area is 119 Å². The number of ether oxygens (including phenoxy) is 1. The summed E-state index contributed by atoms with van der Waals surface area (Å²) in [5.74, 6) is 1.16. The largest absolute Gasteiger partial charge is 0.377 e. The number of ketones is 1. The third kappa shape index (κ3) is 1.86. The second kappa shape index (κ2) is 4.85. The highest BCUT2D eigenvalue weighted by Gasteiger charge is 2.44. The molecule has 1 aliphatic heterocycles. The number of Topliss-reactive ketones (excluding diaryl/α,β-unsaturated/α-hetero) is 1. The number of allylic oxidation sites excluding steroid dienone is 1. The van der Waals surface area contributed by atoms with Crippen LogP contribution >= 0.6 is 0 Å². The Hall–Kier alpha value is -1.41. The summed E-state index contributed by atoms with van der Waals surface area (Å²) in [4.78, 5) is 12.5. The van der Waals surface area contributed by atoms with Crippen LogP contribution in [0.1, 0.15) is 37.7 Å². The standard InChI is InChI=1S/C18H20O2/c19-15-10-13-11-20-16-9-5-4-8-14(16)17(13)18(15)12-6-2-1-3-7-12/h1-3,6-7,13-14,16H,4-5,8-11H2/t13?,14-,16-/m1/s1. The van der Waals surface area contributed by atoms with E-state index in [1.165, 1.54) is 24.8 Å². The van der Waals surface area contributed by atoms with E-state index in [-0.39, 0.29) is 0 Å². The normalized spacial score (nSPS) is 33.0. The smallest absolute Gasteiger partial charge is 0.164 e. The first-order valence-electron chi connectivity index (χ1n) is 7.79. The molecule has 2 nitrogen and oxygen atoms in total. The molecule has 2 heteroatoms. The molecule has 2 aliphatic carbocycles. The summed E-state index contributed by atoms with van der Waals surface area (Å²) in [6, 6.07) is 10.2. The van der Waals surface area contributed by atoms with E-state index in [9.17, 15) is 4.79 Å². The van der Waals surface area contributed by atoms with Gasteiger partial charge < -0.3 is 4.74 Å². The molecule has 0 amide bonds. The van der Waals surface area contributed by atoms with Crippen LogP contribution in [0.3, 0.4) is 0 Å². The van der Waals surface area contributed by atoms with Crippen LogP contribution in [0, 0.1) is 11.8 Å². The number of benzene rings is 1. The lowest BCUT2D eigenvalue weighted by atomic mass is 9.74. The number of fused-ring (bicyclic) bond motifs is 3. The van der Waals surface area contributed by atoms with Crippen molar-refractivity contribution < 1.29 is 9.53 Å². The summed E-state index contributed by atoms with van der Waals surface area (Å²) in [6.07, 6.45) is 5.92. The highest BCUT2D eigenvalue weighted by Crippen LogP contribution is 2.48. The van der Waals surface area contributed by atoms with Crippen LogP contribution < -0.4 is 0 Å². The summed E-state index contributed by atoms with van der Waals surface area (Å²) in [5.41, 5.74) is 3.56. The molecule has 3 aliphatic rings. The molecule has 0 N–H and O–H groups in total. The van der Waals surface area contributed by atoms with Gasteiger partial charge >= 0.3 is 0 Å². The van der Waals surface area contributed by atoms with Crippen molar-refractivity contribution in [2.24, 2.45) is 11.8 Å². The lowest BCUT2D eigenvalue weighted by Crippen LogP contribution is -2.37. The lowest BCUT2D eigenvalue weighted by molar-refractivity contribution is -0.114. The van der Waals surface area contributed by atoms with Crippen LogP contribution in [0.5, 0.6) is 0 Å². The number of hydrogen-bond acceptors (Lipinski definition) is 2. The third-order valence-electron chi connectivity index (χ3n) is 5.12. The monoisotopic (exact) mass is 268 g/mol. The van der Waals surface area contributed by atoms with Crippen LogP contribution in [0.15, 0.2) is 35.9 Å². The molecule has 0 spiro atoms. The molecule has 20 heavy (non-hydrogen) atoms. The first-order chi connectivity index (χ1) is 9.84. The second-order valence-corrected chi connectivity index (χ2v) is 6.28. The summed E-state index contributed by atoms with van der Waals surface area (Å²) >= 11 is 0. The summed E-state index contributed by atoms with van der Waals surface area (Å²) in [7, 11) is 0. The van der Waals surface area contributed by atoms with Gasteiger partial charge in [-0.2, -0.15) is 0 Å². The molecule has 4 rings (SSSR count). The first-order valence-corrected chi connectivity index (χ1v) is 7.79. The summed E-state index contributed by atoms with van der Waals surface area (Å²) < 4.78 is 6.04. The Bertz CT molecular complexity index is 558. The maximum absolute atomic E-state index is 12.5. The van der Waals surface area contributed by atoms with Crippen molar-refractivity contribution in [1.29, 1.82) is 0 Å². The zero-order valence-electron chi connectivity index (χ0n) is 11.7. The molecule has 1 unspecified atom stereocenters. The Balaban J connectivity index is 1.82. The number of carbonyl (C=O) groups is 1. The minimum Gasteiger partial charge on any atom is -0.377 e. The third-order valence-corrected chi connectivity index (χ3v) is 5.12. The quantitative estimate of drug-likeness (QED) is 0.777. The van der Waals surface area contributed by atoms with Crippen molar-refractivity contribution in [2.75, 3.05) is 6.61 Å². The summed E-state index contributed by atoms with van der Waals surface area (Å²) in [5, 5.41) is 0. The van der Waals surface area contributed by atoms with Gasteiger partial charge in [0, 0.05) is 23.8 Å². The summed E-state index contributed by atoms with van der Waals surface area (Å²) in [6.45, 7) is 0.749. The number of carbonyl (C=O) groups excluding carboxylic acids is 1. The molecule has 2 fully saturated rings. The SMILES string of the molecule is O=C1CC2CO[C@@H]3CCCC[C@H]3C2=C1c1ccccc1. The average molecular weight is 268 g/mol. The van der Waals surface area contributed by atoms with Gasteiger partial charge in [0.2, 0.25) is 0 Å². The number of rotatable bonds is 1. The lowest BCUT2D eigenvalue weighted by Gasteiger charge is -2.40. The van der Waals surface area contributed by atoms with E-state index in [1.54, 1.807) is 0 Å². The molecule has 0 bridgehead atoms.